The van der Waals surface area contributed by atoms with Crippen molar-refractivity contribution in [3.63, 3.8) is 0 Å². The summed E-state index contributed by atoms with van der Waals surface area (Å²) in [6.45, 7) is 5.83. The number of halogens is 5. The molecule has 0 aliphatic carbocycles. The molecule has 1 N–H and O–H groups in total. The van der Waals surface area contributed by atoms with E-state index in [0.29, 0.717) is 6.07 Å². The third-order valence-corrected chi connectivity index (χ3v) is 3.16. The Bertz CT molecular complexity index is 668. The predicted molar refractivity (Wildman–Crippen MR) is 70.5 cm³/mol. The quantitative estimate of drug-likeness (QED) is 0.832. The SMILES string of the molecule is CC(C)(C)c1ccnc(-c2cc(C(F)(F)C(F)(F)F)[nH]n2)c1. The van der Waals surface area contributed by atoms with Crippen molar-refractivity contribution in [1.82, 2.24) is 15.2 Å². The Morgan fingerprint density at radius 1 is 0.955 bits per heavy atom. The summed E-state index contributed by atoms with van der Waals surface area (Å²) >= 11 is 0. The molecule has 0 saturated carbocycles. The maximum Gasteiger partial charge on any atom is 0.459 e. The molecule has 0 amide bonds. The molecule has 0 spiro atoms. The van der Waals surface area contributed by atoms with Crippen molar-refractivity contribution in [2.24, 2.45) is 0 Å². The normalized spacial score (nSPS) is 13.5. The first-order chi connectivity index (χ1) is 9.93. The average Bonchev–Trinajstić information content (AvgIpc) is 2.86. The van der Waals surface area contributed by atoms with E-state index in [4.69, 9.17) is 0 Å². The van der Waals surface area contributed by atoms with Crippen LogP contribution in [0.25, 0.3) is 11.4 Å². The Balaban J connectivity index is 2.41. The standard InChI is InChI=1S/C14H14F5N3/c1-12(2,3)8-4-5-20-9(6-8)10-7-11(22-21-10)13(15,16)14(17,18)19/h4-7H,1-3H3,(H,21,22). The van der Waals surface area contributed by atoms with Crippen LogP contribution >= 0.6 is 0 Å². The predicted octanol–water partition coefficient (Wildman–Crippen LogP) is 4.42. The van der Waals surface area contributed by atoms with Crippen molar-refractivity contribution < 1.29 is 22.0 Å². The Morgan fingerprint density at radius 3 is 2.14 bits per heavy atom. The third-order valence-electron chi connectivity index (χ3n) is 3.16. The highest BCUT2D eigenvalue weighted by molar-refractivity contribution is 5.56. The molecule has 120 valence electrons. The van der Waals surface area contributed by atoms with E-state index in [1.807, 2.05) is 20.8 Å². The minimum Gasteiger partial charge on any atom is -0.275 e. The first-order valence-corrected chi connectivity index (χ1v) is 6.40. The van der Waals surface area contributed by atoms with Gasteiger partial charge < -0.3 is 0 Å². The molecule has 0 aromatic carbocycles. The summed E-state index contributed by atoms with van der Waals surface area (Å²) < 4.78 is 63.5. The Kier molecular flexibility index (Phi) is 3.75. The topological polar surface area (TPSA) is 41.6 Å². The van der Waals surface area contributed by atoms with Crippen molar-refractivity contribution in [3.8, 4) is 11.4 Å². The Hall–Kier alpha value is -1.99. The number of hydrogen-bond donors (Lipinski definition) is 1. The molecule has 0 aliphatic rings. The zero-order chi connectivity index (χ0) is 16.8. The summed E-state index contributed by atoms with van der Waals surface area (Å²) in [4.78, 5) is 3.97. The zero-order valence-electron chi connectivity index (χ0n) is 12.1. The summed E-state index contributed by atoms with van der Waals surface area (Å²) in [5, 5.41) is 5.27. The van der Waals surface area contributed by atoms with Gasteiger partial charge in [-0.3, -0.25) is 10.1 Å². The van der Waals surface area contributed by atoms with Gasteiger partial charge in [-0.15, -0.1) is 0 Å². The molecular formula is C14H14F5N3. The largest absolute Gasteiger partial charge is 0.459 e. The van der Waals surface area contributed by atoms with Gasteiger partial charge in [0.2, 0.25) is 0 Å². The van der Waals surface area contributed by atoms with Crippen molar-refractivity contribution in [1.29, 1.82) is 0 Å². The minimum absolute atomic E-state index is 0.0648. The highest BCUT2D eigenvalue weighted by Crippen LogP contribution is 2.43. The van der Waals surface area contributed by atoms with E-state index in [0.717, 1.165) is 5.56 Å². The van der Waals surface area contributed by atoms with Gasteiger partial charge in [-0.2, -0.15) is 27.1 Å². The number of H-pyrrole nitrogens is 1. The number of pyridine rings is 1. The van der Waals surface area contributed by atoms with Gasteiger partial charge in [0.15, 0.2) is 0 Å². The van der Waals surface area contributed by atoms with E-state index in [2.05, 4.69) is 10.1 Å². The molecule has 0 bridgehead atoms. The molecule has 2 heterocycles. The van der Waals surface area contributed by atoms with E-state index >= 15 is 0 Å². The second-order valence-electron chi connectivity index (χ2n) is 5.92. The lowest BCUT2D eigenvalue weighted by atomic mass is 9.87. The molecule has 2 aromatic rings. The maximum absolute atomic E-state index is 13.2. The molecule has 0 fully saturated rings. The second-order valence-corrected chi connectivity index (χ2v) is 5.92. The van der Waals surface area contributed by atoms with Crippen LogP contribution in [0.4, 0.5) is 22.0 Å². The molecule has 0 radical (unpaired) electrons. The summed E-state index contributed by atoms with van der Waals surface area (Å²) in [6.07, 6.45) is -4.22. The second kappa shape index (κ2) is 5.03. The average molecular weight is 319 g/mol. The Morgan fingerprint density at radius 2 is 1.59 bits per heavy atom. The van der Waals surface area contributed by atoms with Crippen LogP contribution in [0, 0.1) is 0 Å². The number of alkyl halides is 5. The molecule has 0 atom stereocenters. The van der Waals surface area contributed by atoms with Gasteiger partial charge in [0, 0.05) is 6.20 Å². The number of nitrogens with zero attached hydrogens (tertiary/aromatic N) is 2. The number of rotatable bonds is 2. The van der Waals surface area contributed by atoms with Gasteiger partial charge in [-0.1, -0.05) is 20.8 Å². The smallest absolute Gasteiger partial charge is 0.275 e. The fourth-order valence-corrected chi connectivity index (χ4v) is 1.80. The van der Waals surface area contributed by atoms with Gasteiger partial charge in [0.05, 0.1) is 5.69 Å². The molecule has 2 aromatic heterocycles. The molecule has 8 heteroatoms. The maximum atomic E-state index is 13.2. The molecule has 0 unspecified atom stereocenters. The van der Waals surface area contributed by atoms with Crippen LogP contribution in [0.5, 0.6) is 0 Å². The van der Waals surface area contributed by atoms with Gasteiger partial charge >= 0.3 is 12.1 Å². The first kappa shape index (κ1) is 16.4. The lowest BCUT2D eigenvalue weighted by molar-refractivity contribution is -0.290. The third kappa shape index (κ3) is 2.95. The minimum atomic E-state index is -5.68. The van der Waals surface area contributed by atoms with Crippen LogP contribution in [0.2, 0.25) is 0 Å². The summed E-state index contributed by atoms with van der Waals surface area (Å²) in [5.74, 6) is -4.99. The summed E-state index contributed by atoms with van der Waals surface area (Å²) in [6, 6.07) is 4.04. The van der Waals surface area contributed by atoms with Crippen LogP contribution in [0.1, 0.15) is 32.0 Å². The monoisotopic (exact) mass is 319 g/mol. The van der Waals surface area contributed by atoms with Crippen molar-refractivity contribution in [2.75, 3.05) is 0 Å². The highest BCUT2D eigenvalue weighted by atomic mass is 19.4. The van der Waals surface area contributed by atoms with Gasteiger partial charge in [-0.25, -0.2) is 0 Å². The van der Waals surface area contributed by atoms with E-state index < -0.39 is 17.8 Å². The van der Waals surface area contributed by atoms with E-state index in [-0.39, 0.29) is 16.8 Å². The van der Waals surface area contributed by atoms with Crippen LogP contribution in [0.3, 0.4) is 0 Å². The zero-order valence-corrected chi connectivity index (χ0v) is 12.1. The van der Waals surface area contributed by atoms with Crippen LogP contribution in [-0.4, -0.2) is 21.4 Å². The fraction of sp³-hybridized carbons (Fsp3) is 0.429. The molecule has 0 aliphatic heterocycles. The highest BCUT2D eigenvalue weighted by Gasteiger charge is 2.60. The Labute approximate surface area is 123 Å². The van der Waals surface area contributed by atoms with Gasteiger partial charge in [-0.05, 0) is 29.2 Å². The van der Waals surface area contributed by atoms with Crippen molar-refractivity contribution in [3.05, 3.63) is 35.7 Å². The van der Waals surface area contributed by atoms with Crippen LogP contribution in [0.15, 0.2) is 24.4 Å². The van der Waals surface area contributed by atoms with Crippen LogP contribution in [-0.2, 0) is 11.3 Å². The van der Waals surface area contributed by atoms with E-state index in [1.165, 1.54) is 6.20 Å². The van der Waals surface area contributed by atoms with Crippen LogP contribution < -0.4 is 0 Å². The number of nitrogens with one attached hydrogen (secondary N) is 1. The van der Waals surface area contributed by atoms with E-state index in [9.17, 15) is 22.0 Å². The molecule has 22 heavy (non-hydrogen) atoms. The number of aromatic amines is 1. The number of hydrogen-bond acceptors (Lipinski definition) is 2. The summed E-state index contributed by atoms with van der Waals surface area (Å²) in [5.41, 5.74) is -0.493. The van der Waals surface area contributed by atoms with Crippen molar-refractivity contribution >= 4 is 0 Å². The van der Waals surface area contributed by atoms with Crippen molar-refractivity contribution in [2.45, 2.75) is 38.3 Å². The lowest BCUT2D eigenvalue weighted by Crippen LogP contribution is -2.34. The molecule has 2 rings (SSSR count). The fourth-order valence-electron chi connectivity index (χ4n) is 1.80. The lowest BCUT2D eigenvalue weighted by Gasteiger charge is -2.19. The molecule has 3 nitrogen and oxygen atoms in total. The molecule has 0 saturated heterocycles. The summed E-state index contributed by atoms with van der Waals surface area (Å²) in [7, 11) is 0. The molecular weight excluding hydrogens is 305 g/mol. The number of aromatic nitrogens is 3. The first-order valence-electron chi connectivity index (χ1n) is 6.40. The van der Waals surface area contributed by atoms with Gasteiger partial charge in [0.25, 0.3) is 0 Å². The van der Waals surface area contributed by atoms with E-state index in [1.54, 1.807) is 17.2 Å². The van der Waals surface area contributed by atoms with Gasteiger partial charge in [0.1, 0.15) is 11.4 Å².